The van der Waals surface area contributed by atoms with Gasteiger partial charge in [-0.1, -0.05) is 24.3 Å². The van der Waals surface area contributed by atoms with E-state index >= 15 is 0 Å². The van der Waals surface area contributed by atoms with Crippen LogP contribution in [-0.4, -0.2) is 49.7 Å². The Morgan fingerprint density at radius 2 is 1.87 bits per heavy atom. The Bertz CT molecular complexity index is 1050. The average molecular weight is 428 g/mol. The lowest BCUT2D eigenvalue weighted by Gasteiger charge is -2.26. The number of benzene rings is 2. The molecule has 0 radical (unpaired) electrons. The molecule has 2 aliphatic heterocycles. The van der Waals surface area contributed by atoms with Crippen LogP contribution < -0.4 is 10.6 Å². The van der Waals surface area contributed by atoms with Crippen LogP contribution >= 0.6 is 0 Å². The quantitative estimate of drug-likeness (QED) is 0.762. The maximum atomic E-state index is 12.8. The summed E-state index contributed by atoms with van der Waals surface area (Å²) < 4.78 is 23.2. The van der Waals surface area contributed by atoms with Gasteiger partial charge in [0.15, 0.2) is 9.84 Å². The minimum absolute atomic E-state index is 0.00830. The Kier molecular flexibility index (Phi) is 5.87. The number of carbonyl (C=O) groups is 2. The molecule has 0 bridgehead atoms. The van der Waals surface area contributed by atoms with Crippen LogP contribution in [0.15, 0.2) is 48.5 Å². The second kappa shape index (κ2) is 8.57. The Hall–Kier alpha value is -2.71. The highest BCUT2D eigenvalue weighted by atomic mass is 32.2. The van der Waals surface area contributed by atoms with Gasteiger partial charge in [0.25, 0.3) is 5.91 Å². The van der Waals surface area contributed by atoms with E-state index in [1.807, 2.05) is 42.5 Å². The van der Waals surface area contributed by atoms with Crippen molar-refractivity contribution >= 4 is 27.3 Å². The summed E-state index contributed by atoms with van der Waals surface area (Å²) >= 11 is 0. The smallest absolute Gasteiger partial charge is 0.255 e. The second-order valence-electron chi connectivity index (χ2n) is 7.87. The standard InChI is InChI=1S/C22H25N3O4S/c26-21-8-7-20(24-21)17-4-2-6-19(14-17)23-22(27)18-5-1-3-16(13-18)15-25-9-11-30(28,29)12-10-25/h1-6,13-14,20H,7-12,15H2,(H,23,27)(H,24,26). The molecular formula is C22H25N3O4S. The predicted octanol–water partition coefficient (Wildman–Crippen LogP) is 2.12. The summed E-state index contributed by atoms with van der Waals surface area (Å²) in [5, 5.41) is 5.87. The number of carbonyl (C=O) groups excluding carboxylic acids is 2. The zero-order chi connectivity index (χ0) is 21.1. The minimum Gasteiger partial charge on any atom is -0.349 e. The van der Waals surface area contributed by atoms with Crippen LogP contribution in [0.2, 0.25) is 0 Å². The molecule has 7 nitrogen and oxygen atoms in total. The van der Waals surface area contributed by atoms with Crippen molar-refractivity contribution in [1.29, 1.82) is 0 Å². The summed E-state index contributed by atoms with van der Waals surface area (Å²) in [5.41, 5.74) is 3.19. The van der Waals surface area contributed by atoms with Gasteiger partial charge in [0.2, 0.25) is 5.91 Å². The summed E-state index contributed by atoms with van der Waals surface area (Å²) in [6, 6.07) is 14.9. The monoisotopic (exact) mass is 427 g/mol. The maximum Gasteiger partial charge on any atom is 0.255 e. The lowest BCUT2D eigenvalue weighted by Crippen LogP contribution is -2.39. The van der Waals surface area contributed by atoms with Gasteiger partial charge in [-0.05, 0) is 41.8 Å². The normalized spacial score (nSPS) is 21.2. The van der Waals surface area contributed by atoms with E-state index in [0.717, 1.165) is 17.5 Å². The van der Waals surface area contributed by atoms with E-state index in [1.54, 1.807) is 6.07 Å². The molecule has 1 atom stereocenters. The highest BCUT2D eigenvalue weighted by Gasteiger charge is 2.23. The number of sulfone groups is 1. The molecule has 0 aromatic heterocycles. The number of nitrogens with zero attached hydrogens (tertiary/aromatic N) is 1. The third kappa shape index (κ3) is 5.06. The summed E-state index contributed by atoms with van der Waals surface area (Å²) in [6.45, 7) is 1.65. The van der Waals surface area contributed by atoms with Crippen LogP contribution in [0.5, 0.6) is 0 Å². The fourth-order valence-electron chi connectivity index (χ4n) is 3.88. The summed E-state index contributed by atoms with van der Waals surface area (Å²) in [4.78, 5) is 26.3. The van der Waals surface area contributed by atoms with Crippen molar-refractivity contribution in [2.75, 3.05) is 29.9 Å². The Balaban J connectivity index is 1.40. The molecule has 0 spiro atoms. The first-order chi connectivity index (χ1) is 14.4. The zero-order valence-corrected chi connectivity index (χ0v) is 17.5. The van der Waals surface area contributed by atoms with Gasteiger partial charge < -0.3 is 10.6 Å². The predicted molar refractivity (Wildman–Crippen MR) is 115 cm³/mol. The Morgan fingerprint density at radius 3 is 2.60 bits per heavy atom. The van der Waals surface area contributed by atoms with E-state index in [2.05, 4.69) is 15.5 Å². The van der Waals surface area contributed by atoms with Gasteiger partial charge in [-0.15, -0.1) is 0 Å². The molecule has 30 heavy (non-hydrogen) atoms. The first-order valence-electron chi connectivity index (χ1n) is 10.1. The third-order valence-electron chi connectivity index (χ3n) is 5.57. The lowest BCUT2D eigenvalue weighted by molar-refractivity contribution is -0.119. The minimum atomic E-state index is -2.91. The van der Waals surface area contributed by atoms with E-state index < -0.39 is 9.84 Å². The van der Waals surface area contributed by atoms with Gasteiger partial charge in [-0.2, -0.15) is 0 Å². The van der Waals surface area contributed by atoms with Crippen molar-refractivity contribution in [3.63, 3.8) is 0 Å². The van der Waals surface area contributed by atoms with Crippen molar-refractivity contribution in [1.82, 2.24) is 10.2 Å². The van der Waals surface area contributed by atoms with Gasteiger partial charge in [0.1, 0.15) is 0 Å². The molecule has 158 valence electrons. The van der Waals surface area contributed by atoms with Crippen LogP contribution in [0.25, 0.3) is 0 Å². The van der Waals surface area contributed by atoms with Crippen molar-refractivity contribution in [3.05, 3.63) is 65.2 Å². The van der Waals surface area contributed by atoms with Crippen molar-refractivity contribution < 1.29 is 18.0 Å². The highest BCUT2D eigenvalue weighted by Crippen LogP contribution is 2.26. The summed E-state index contributed by atoms with van der Waals surface area (Å²) in [6.07, 6.45) is 1.28. The summed E-state index contributed by atoms with van der Waals surface area (Å²) in [5.74, 6) is 0.221. The van der Waals surface area contributed by atoms with Crippen molar-refractivity contribution in [2.45, 2.75) is 25.4 Å². The van der Waals surface area contributed by atoms with Crippen LogP contribution in [0.4, 0.5) is 5.69 Å². The molecule has 0 saturated carbocycles. The van der Waals surface area contributed by atoms with E-state index in [0.29, 0.717) is 37.3 Å². The molecule has 8 heteroatoms. The molecule has 2 aromatic rings. The van der Waals surface area contributed by atoms with Crippen LogP contribution in [0.3, 0.4) is 0 Å². The van der Waals surface area contributed by atoms with E-state index in [-0.39, 0.29) is 29.4 Å². The number of amides is 2. The zero-order valence-electron chi connectivity index (χ0n) is 16.6. The van der Waals surface area contributed by atoms with Gasteiger partial charge in [-0.25, -0.2) is 8.42 Å². The fourth-order valence-corrected chi connectivity index (χ4v) is 5.15. The number of hydrogen-bond acceptors (Lipinski definition) is 5. The number of hydrogen-bond donors (Lipinski definition) is 2. The van der Waals surface area contributed by atoms with Crippen LogP contribution in [0, 0.1) is 0 Å². The van der Waals surface area contributed by atoms with Crippen molar-refractivity contribution in [3.8, 4) is 0 Å². The molecule has 4 rings (SSSR count). The molecule has 2 heterocycles. The largest absolute Gasteiger partial charge is 0.349 e. The number of nitrogens with one attached hydrogen (secondary N) is 2. The Labute approximate surface area is 176 Å². The Morgan fingerprint density at radius 1 is 1.10 bits per heavy atom. The molecular weight excluding hydrogens is 402 g/mol. The van der Waals surface area contributed by atoms with E-state index in [9.17, 15) is 18.0 Å². The molecule has 2 N–H and O–H groups in total. The molecule has 2 saturated heterocycles. The second-order valence-corrected chi connectivity index (χ2v) is 10.2. The number of anilines is 1. The fraction of sp³-hybridized carbons (Fsp3) is 0.364. The first-order valence-corrected chi connectivity index (χ1v) is 11.9. The van der Waals surface area contributed by atoms with Gasteiger partial charge >= 0.3 is 0 Å². The molecule has 2 fully saturated rings. The van der Waals surface area contributed by atoms with E-state index in [4.69, 9.17) is 0 Å². The summed E-state index contributed by atoms with van der Waals surface area (Å²) in [7, 11) is -2.91. The molecule has 1 unspecified atom stereocenters. The SMILES string of the molecule is O=C1CCC(c2cccc(NC(=O)c3cccc(CN4CCS(=O)(=O)CC4)c3)c2)N1. The molecule has 2 amide bonds. The topological polar surface area (TPSA) is 95.6 Å². The van der Waals surface area contributed by atoms with Gasteiger partial charge in [0.05, 0.1) is 17.5 Å². The lowest BCUT2D eigenvalue weighted by atomic mass is 10.0. The van der Waals surface area contributed by atoms with Crippen molar-refractivity contribution in [2.24, 2.45) is 0 Å². The average Bonchev–Trinajstić information content (AvgIpc) is 3.16. The first kappa shape index (κ1) is 20.6. The molecule has 0 aliphatic carbocycles. The van der Waals surface area contributed by atoms with Crippen LogP contribution in [0.1, 0.15) is 40.4 Å². The molecule has 2 aromatic carbocycles. The molecule has 2 aliphatic rings. The number of rotatable bonds is 5. The van der Waals surface area contributed by atoms with E-state index in [1.165, 1.54) is 0 Å². The third-order valence-corrected chi connectivity index (χ3v) is 7.18. The van der Waals surface area contributed by atoms with Gasteiger partial charge in [0, 0.05) is 37.3 Å². The van der Waals surface area contributed by atoms with Gasteiger partial charge in [-0.3, -0.25) is 14.5 Å². The highest BCUT2D eigenvalue weighted by molar-refractivity contribution is 7.91. The maximum absolute atomic E-state index is 12.8. The van der Waals surface area contributed by atoms with Crippen LogP contribution in [-0.2, 0) is 21.2 Å².